The summed E-state index contributed by atoms with van der Waals surface area (Å²) >= 11 is 0. The zero-order valence-electron chi connectivity index (χ0n) is 11.4. The largest absolute Gasteiger partial charge is 0.479 e. The Morgan fingerprint density at radius 2 is 1.52 bits per heavy atom. The van der Waals surface area contributed by atoms with Gasteiger partial charge < -0.3 is 14.6 Å². The van der Waals surface area contributed by atoms with E-state index in [9.17, 15) is 9.90 Å². The molecule has 2 aromatic carbocycles. The van der Waals surface area contributed by atoms with Crippen molar-refractivity contribution >= 4 is 5.97 Å². The Labute approximate surface area is 122 Å². The van der Waals surface area contributed by atoms with Crippen molar-refractivity contribution < 1.29 is 19.4 Å². The highest BCUT2D eigenvalue weighted by Gasteiger charge is 2.43. The number of benzene rings is 2. The van der Waals surface area contributed by atoms with Crippen LogP contribution in [0.5, 0.6) is 0 Å². The van der Waals surface area contributed by atoms with Crippen molar-refractivity contribution in [1.29, 1.82) is 0 Å². The lowest BCUT2D eigenvalue weighted by Crippen LogP contribution is -2.49. The molecule has 1 N–H and O–H groups in total. The van der Waals surface area contributed by atoms with Crippen molar-refractivity contribution in [2.45, 2.75) is 11.7 Å². The number of hydrogen-bond donors (Lipinski definition) is 1. The van der Waals surface area contributed by atoms with Crippen LogP contribution in [-0.4, -0.2) is 30.4 Å². The molecule has 21 heavy (non-hydrogen) atoms. The van der Waals surface area contributed by atoms with E-state index >= 15 is 0 Å². The highest BCUT2D eigenvalue weighted by atomic mass is 16.6. The SMILES string of the molecule is O=C(O)C1COCC(c2ccccc2)(c2ccccc2)O1. The minimum Gasteiger partial charge on any atom is -0.479 e. The Morgan fingerprint density at radius 3 is 2.00 bits per heavy atom. The van der Waals surface area contributed by atoms with Gasteiger partial charge >= 0.3 is 5.97 Å². The fourth-order valence-corrected chi connectivity index (χ4v) is 2.63. The zero-order chi connectivity index (χ0) is 14.7. The second kappa shape index (κ2) is 5.68. The van der Waals surface area contributed by atoms with Gasteiger partial charge in [-0.25, -0.2) is 4.79 Å². The van der Waals surface area contributed by atoms with E-state index in [4.69, 9.17) is 9.47 Å². The molecule has 0 spiro atoms. The van der Waals surface area contributed by atoms with Gasteiger partial charge in [0.1, 0.15) is 5.60 Å². The van der Waals surface area contributed by atoms with Crippen LogP contribution in [0.3, 0.4) is 0 Å². The van der Waals surface area contributed by atoms with Gasteiger partial charge in [0.2, 0.25) is 0 Å². The molecule has 0 radical (unpaired) electrons. The van der Waals surface area contributed by atoms with E-state index in [0.29, 0.717) is 6.61 Å². The first-order valence-corrected chi connectivity index (χ1v) is 6.82. The fourth-order valence-electron chi connectivity index (χ4n) is 2.63. The molecule has 1 aliphatic rings. The third-order valence-corrected chi connectivity index (χ3v) is 3.67. The Morgan fingerprint density at radius 1 is 1.00 bits per heavy atom. The Bertz CT molecular complexity index is 570. The maximum atomic E-state index is 11.3. The molecule has 1 aliphatic heterocycles. The number of carboxylic acid groups (broad SMARTS) is 1. The number of carbonyl (C=O) groups is 1. The summed E-state index contributed by atoms with van der Waals surface area (Å²) in [6.45, 7) is 0.363. The van der Waals surface area contributed by atoms with Gasteiger partial charge in [-0.2, -0.15) is 0 Å². The first-order chi connectivity index (χ1) is 10.2. The van der Waals surface area contributed by atoms with Gasteiger partial charge in [-0.1, -0.05) is 60.7 Å². The second-order valence-corrected chi connectivity index (χ2v) is 5.02. The lowest BCUT2D eigenvalue weighted by atomic mass is 9.86. The molecular weight excluding hydrogens is 268 g/mol. The summed E-state index contributed by atoms with van der Waals surface area (Å²) in [5, 5.41) is 9.26. The van der Waals surface area contributed by atoms with Gasteiger partial charge in [0.25, 0.3) is 0 Å². The smallest absolute Gasteiger partial charge is 0.335 e. The van der Waals surface area contributed by atoms with Gasteiger partial charge in [0.15, 0.2) is 6.10 Å². The Balaban J connectivity index is 2.09. The molecule has 0 saturated carbocycles. The summed E-state index contributed by atoms with van der Waals surface area (Å²) in [7, 11) is 0. The Hall–Kier alpha value is -2.17. The molecule has 0 amide bonds. The molecule has 0 aromatic heterocycles. The number of rotatable bonds is 3. The fraction of sp³-hybridized carbons (Fsp3) is 0.235. The highest BCUT2D eigenvalue weighted by molar-refractivity contribution is 5.72. The van der Waals surface area contributed by atoms with Crippen molar-refractivity contribution in [2.75, 3.05) is 13.2 Å². The normalized spacial score (nSPS) is 20.9. The van der Waals surface area contributed by atoms with Crippen molar-refractivity contribution in [3.05, 3.63) is 71.8 Å². The molecule has 2 aromatic rings. The summed E-state index contributed by atoms with van der Waals surface area (Å²) in [4.78, 5) is 11.3. The molecule has 108 valence electrons. The predicted octanol–water partition coefficient (Wildman–Crippen LogP) is 2.43. The van der Waals surface area contributed by atoms with Crippen molar-refractivity contribution in [3.8, 4) is 0 Å². The lowest BCUT2D eigenvalue weighted by Gasteiger charge is -2.40. The molecule has 0 bridgehead atoms. The van der Waals surface area contributed by atoms with E-state index in [-0.39, 0.29) is 6.61 Å². The molecule has 1 saturated heterocycles. The molecule has 1 heterocycles. The molecule has 4 nitrogen and oxygen atoms in total. The third kappa shape index (κ3) is 2.55. The molecule has 0 aliphatic carbocycles. The Kier molecular flexibility index (Phi) is 3.73. The quantitative estimate of drug-likeness (QED) is 0.940. The van der Waals surface area contributed by atoms with Gasteiger partial charge in [-0.3, -0.25) is 0 Å². The number of aliphatic carboxylic acids is 1. The van der Waals surface area contributed by atoms with Crippen LogP contribution in [0.2, 0.25) is 0 Å². The average molecular weight is 284 g/mol. The summed E-state index contributed by atoms with van der Waals surface area (Å²) in [6, 6.07) is 19.2. The minimum atomic E-state index is -1.01. The van der Waals surface area contributed by atoms with E-state index < -0.39 is 17.7 Å². The lowest BCUT2D eigenvalue weighted by molar-refractivity contribution is -0.202. The van der Waals surface area contributed by atoms with Crippen LogP contribution in [0.15, 0.2) is 60.7 Å². The van der Waals surface area contributed by atoms with Crippen LogP contribution in [0.4, 0.5) is 0 Å². The maximum absolute atomic E-state index is 11.3. The molecule has 1 fully saturated rings. The van der Waals surface area contributed by atoms with Crippen molar-refractivity contribution in [1.82, 2.24) is 0 Å². The molecule has 4 heteroatoms. The van der Waals surface area contributed by atoms with Gasteiger partial charge in [-0.05, 0) is 11.1 Å². The van der Waals surface area contributed by atoms with Crippen LogP contribution >= 0.6 is 0 Å². The molecule has 1 atom stereocenters. The van der Waals surface area contributed by atoms with E-state index in [1.807, 2.05) is 60.7 Å². The second-order valence-electron chi connectivity index (χ2n) is 5.02. The molecular formula is C17H16O4. The van der Waals surface area contributed by atoms with Crippen molar-refractivity contribution in [3.63, 3.8) is 0 Å². The first kappa shape index (κ1) is 13.8. The van der Waals surface area contributed by atoms with Crippen LogP contribution in [0, 0.1) is 0 Å². The monoisotopic (exact) mass is 284 g/mol. The van der Waals surface area contributed by atoms with E-state index in [1.54, 1.807) is 0 Å². The van der Waals surface area contributed by atoms with Crippen LogP contribution < -0.4 is 0 Å². The topological polar surface area (TPSA) is 55.8 Å². The number of ether oxygens (including phenoxy) is 2. The number of carboxylic acids is 1. The minimum absolute atomic E-state index is 0.0662. The maximum Gasteiger partial charge on any atom is 0.335 e. The first-order valence-electron chi connectivity index (χ1n) is 6.82. The third-order valence-electron chi connectivity index (χ3n) is 3.67. The van der Waals surface area contributed by atoms with Crippen LogP contribution in [0.1, 0.15) is 11.1 Å². The summed E-state index contributed by atoms with van der Waals surface area (Å²) in [6.07, 6.45) is -0.973. The summed E-state index contributed by atoms with van der Waals surface area (Å²) < 4.78 is 11.5. The van der Waals surface area contributed by atoms with E-state index in [2.05, 4.69) is 0 Å². The highest BCUT2D eigenvalue weighted by Crippen LogP contribution is 2.37. The van der Waals surface area contributed by atoms with Gasteiger partial charge in [-0.15, -0.1) is 0 Å². The van der Waals surface area contributed by atoms with Gasteiger partial charge in [0, 0.05) is 0 Å². The van der Waals surface area contributed by atoms with Crippen LogP contribution in [0.25, 0.3) is 0 Å². The van der Waals surface area contributed by atoms with Gasteiger partial charge in [0.05, 0.1) is 13.2 Å². The van der Waals surface area contributed by atoms with Crippen molar-refractivity contribution in [2.24, 2.45) is 0 Å². The molecule has 1 unspecified atom stereocenters. The zero-order valence-corrected chi connectivity index (χ0v) is 11.4. The predicted molar refractivity (Wildman–Crippen MR) is 77.0 cm³/mol. The molecule has 3 rings (SSSR count). The summed E-state index contributed by atoms with van der Waals surface area (Å²) in [5.41, 5.74) is 0.897. The summed E-state index contributed by atoms with van der Waals surface area (Å²) in [5.74, 6) is -1.01. The van der Waals surface area contributed by atoms with Crippen LogP contribution in [-0.2, 0) is 19.9 Å². The average Bonchev–Trinajstić information content (AvgIpc) is 2.56. The number of hydrogen-bond acceptors (Lipinski definition) is 3. The van der Waals surface area contributed by atoms with E-state index in [1.165, 1.54) is 0 Å². The van der Waals surface area contributed by atoms with E-state index in [0.717, 1.165) is 11.1 Å². The standard InChI is InChI=1S/C17H16O4/c18-16(19)15-11-20-12-17(21-15,13-7-3-1-4-8-13)14-9-5-2-6-10-14/h1-10,15H,11-12H2,(H,18,19).